The molecule has 2 N–H and O–H groups in total. The zero-order valence-electron chi connectivity index (χ0n) is 10.7. The van der Waals surface area contributed by atoms with E-state index in [0.29, 0.717) is 0 Å². The Morgan fingerprint density at radius 3 is 2.53 bits per heavy atom. The highest BCUT2D eigenvalue weighted by atomic mass is 35.5. The first kappa shape index (κ1) is 13.6. The molecule has 2 aromatic heterocycles. The average molecular weight is 313 g/mol. The standard InChI is InChI=1S/C14H17ClN2S2/c15-12-6-5-11(19-12)10-9-18-13(17-10)14(16)7-3-1-2-4-8-14/h5-6,9H,1-4,7-8,16H2. The maximum absolute atomic E-state index is 6.60. The molecule has 2 nitrogen and oxygen atoms in total. The minimum atomic E-state index is -0.208. The normalized spacial score (nSPS) is 19.3. The first-order valence-electron chi connectivity index (χ1n) is 6.68. The Hall–Kier alpha value is -0.420. The van der Waals surface area contributed by atoms with Gasteiger partial charge in [-0.15, -0.1) is 22.7 Å². The molecule has 0 bridgehead atoms. The molecule has 0 aliphatic heterocycles. The van der Waals surface area contributed by atoms with Crippen molar-refractivity contribution in [2.45, 2.75) is 44.1 Å². The Morgan fingerprint density at radius 2 is 1.89 bits per heavy atom. The van der Waals surface area contributed by atoms with E-state index in [-0.39, 0.29) is 5.54 Å². The summed E-state index contributed by atoms with van der Waals surface area (Å²) in [6.45, 7) is 0. The van der Waals surface area contributed by atoms with Crippen LogP contribution in [0.15, 0.2) is 17.5 Å². The zero-order valence-corrected chi connectivity index (χ0v) is 13.1. The average Bonchev–Trinajstić information content (AvgIpc) is 2.97. The number of aromatic nitrogens is 1. The molecule has 19 heavy (non-hydrogen) atoms. The molecule has 0 unspecified atom stereocenters. The highest BCUT2D eigenvalue weighted by Crippen LogP contribution is 2.38. The molecule has 0 saturated heterocycles. The molecular formula is C14H17ClN2S2. The van der Waals surface area contributed by atoms with Crippen molar-refractivity contribution in [3.05, 3.63) is 26.9 Å². The smallest absolute Gasteiger partial charge is 0.113 e. The summed E-state index contributed by atoms with van der Waals surface area (Å²) in [6, 6.07) is 3.95. The predicted molar refractivity (Wildman–Crippen MR) is 84.0 cm³/mol. The van der Waals surface area contributed by atoms with Crippen molar-refractivity contribution in [1.29, 1.82) is 0 Å². The van der Waals surface area contributed by atoms with Crippen LogP contribution in [0.1, 0.15) is 43.5 Å². The topological polar surface area (TPSA) is 38.9 Å². The van der Waals surface area contributed by atoms with Crippen LogP contribution in [-0.2, 0) is 5.54 Å². The van der Waals surface area contributed by atoms with Gasteiger partial charge in [0.15, 0.2) is 0 Å². The summed E-state index contributed by atoms with van der Waals surface area (Å²) in [5, 5.41) is 3.20. The first-order valence-corrected chi connectivity index (χ1v) is 8.75. The van der Waals surface area contributed by atoms with E-state index in [1.807, 2.05) is 12.1 Å². The van der Waals surface area contributed by atoms with Crippen molar-refractivity contribution in [3.63, 3.8) is 0 Å². The maximum atomic E-state index is 6.60. The first-order chi connectivity index (χ1) is 9.17. The van der Waals surface area contributed by atoms with Gasteiger partial charge in [-0.3, -0.25) is 0 Å². The van der Waals surface area contributed by atoms with Crippen molar-refractivity contribution in [1.82, 2.24) is 4.98 Å². The van der Waals surface area contributed by atoms with Gasteiger partial charge < -0.3 is 5.73 Å². The molecule has 5 heteroatoms. The van der Waals surface area contributed by atoms with Crippen LogP contribution in [0.3, 0.4) is 0 Å². The third-order valence-corrected chi connectivity index (χ3v) is 6.07. The number of nitrogens with two attached hydrogens (primary N) is 1. The van der Waals surface area contributed by atoms with Gasteiger partial charge in [0, 0.05) is 5.38 Å². The lowest BCUT2D eigenvalue weighted by atomic mass is 9.92. The number of hydrogen-bond acceptors (Lipinski definition) is 4. The van der Waals surface area contributed by atoms with Crippen molar-refractivity contribution in [3.8, 4) is 10.6 Å². The molecule has 102 valence electrons. The summed E-state index contributed by atoms with van der Waals surface area (Å²) in [4.78, 5) is 5.91. The minimum Gasteiger partial charge on any atom is -0.319 e. The number of thiophene rings is 1. The van der Waals surface area contributed by atoms with E-state index < -0.39 is 0 Å². The van der Waals surface area contributed by atoms with Crippen LogP contribution < -0.4 is 5.73 Å². The molecule has 2 heterocycles. The maximum Gasteiger partial charge on any atom is 0.113 e. The van der Waals surface area contributed by atoms with E-state index in [2.05, 4.69) is 5.38 Å². The third-order valence-electron chi connectivity index (χ3n) is 3.75. The second kappa shape index (κ2) is 5.52. The molecule has 0 spiro atoms. The van der Waals surface area contributed by atoms with Gasteiger partial charge in [-0.1, -0.05) is 37.3 Å². The van der Waals surface area contributed by atoms with E-state index in [4.69, 9.17) is 22.3 Å². The number of halogens is 1. The van der Waals surface area contributed by atoms with Crippen molar-refractivity contribution in [2.24, 2.45) is 5.73 Å². The molecule has 1 aliphatic carbocycles. The molecule has 1 saturated carbocycles. The Kier molecular flexibility index (Phi) is 3.94. The van der Waals surface area contributed by atoms with E-state index in [9.17, 15) is 0 Å². The van der Waals surface area contributed by atoms with Crippen LogP contribution in [0.2, 0.25) is 4.34 Å². The third kappa shape index (κ3) is 2.87. The zero-order chi connectivity index (χ0) is 13.3. The number of nitrogens with zero attached hydrogens (tertiary/aromatic N) is 1. The van der Waals surface area contributed by atoms with Crippen molar-refractivity contribution < 1.29 is 0 Å². The second-order valence-electron chi connectivity index (χ2n) is 5.21. The Morgan fingerprint density at radius 1 is 1.16 bits per heavy atom. The number of thiazole rings is 1. The molecule has 1 aliphatic rings. The predicted octanol–water partition coefficient (Wildman–Crippen LogP) is 5.03. The van der Waals surface area contributed by atoms with E-state index in [1.165, 1.54) is 25.7 Å². The lowest BCUT2D eigenvalue weighted by Gasteiger charge is -2.25. The molecule has 2 aromatic rings. The van der Waals surface area contributed by atoms with Crippen molar-refractivity contribution >= 4 is 34.3 Å². The molecule has 1 fully saturated rings. The molecule has 0 atom stereocenters. The number of hydrogen-bond donors (Lipinski definition) is 1. The summed E-state index contributed by atoms with van der Waals surface area (Å²) in [5.74, 6) is 0. The van der Waals surface area contributed by atoms with Crippen LogP contribution >= 0.6 is 34.3 Å². The molecule has 0 amide bonds. The van der Waals surface area contributed by atoms with Gasteiger partial charge in [-0.25, -0.2) is 4.98 Å². The van der Waals surface area contributed by atoms with Crippen LogP contribution in [0.5, 0.6) is 0 Å². The fourth-order valence-corrected chi connectivity index (χ4v) is 4.71. The van der Waals surface area contributed by atoms with E-state index in [1.54, 1.807) is 22.7 Å². The van der Waals surface area contributed by atoms with Crippen LogP contribution in [-0.4, -0.2) is 4.98 Å². The highest BCUT2D eigenvalue weighted by molar-refractivity contribution is 7.19. The minimum absolute atomic E-state index is 0.208. The largest absolute Gasteiger partial charge is 0.319 e. The van der Waals surface area contributed by atoms with E-state index >= 15 is 0 Å². The molecule has 3 rings (SSSR count). The summed E-state index contributed by atoms with van der Waals surface area (Å²) >= 11 is 9.25. The number of rotatable bonds is 2. The van der Waals surface area contributed by atoms with Gasteiger partial charge in [0.1, 0.15) is 5.01 Å². The fraction of sp³-hybridized carbons (Fsp3) is 0.500. The van der Waals surface area contributed by atoms with Gasteiger partial charge in [0.25, 0.3) is 0 Å². The van der Waals surface area contributed by atoms with Crippen LogP contribution in [0, 0.1) is 0 Å². The SMILES string of the molecule is NC1(c2nc(-c3ccc(Cl)s3)cs2)CCCCCC1. The van der Waals surface area contributed by atoms with Gasteiger partial charge >= 0.3 is 0 Å². The summed E-state index contributed by atoms with van der Waals surface area (Å²) in [6.07, 6.45) is 7.16. The summed E-state index contributed by atoms with van der Waals surface area (Å²) in [7, 11) is 0. The van der Waals surface area contributed by atoms with Gasteiger partial charge in [-0.05, 0) is 25.0 Å². The lowest BCUT2D eigenvalue weighted by molar-refractivity contribution is 0.384. The molecular weight excluding hydrogens is 296 g/mol. The lowest BCUT2D eigenvalue weighted by Crippen LogP contribution is -2.35. The van der Waals surface area contributed by atoms with Crippen molar-refractivity contribution in [2.75, 3.05) is 0 Å². The fourth-order valence-electron chi connectivity index (χ4n) is 2.64. The summed E-state index contributed by atoms with van der Waals surface area (Å²) < 4.78 is 0.807. The van der Waals surface area contributed by atoms with Crippen LogP contribution in [0.4, 0.5) is 0 Å². The van der Waals surface area contributed by atoms with Gasteiger partial charge in [0.05, 0.1) is 20.4 Å². The molecule has 0 radical (unpaired) electrons. The monoisotopic (exact) mass is 312 g/mol. The van der Waals surface area contributed by atoms with Gasteiger partial charge in [-0.2, -0.15) is 0 Å². The second-order valence-corrected chi connectivity index (χ2v) is 7.79. The van der Waals surface area contributed by atoms with E-state index in [0.717, 1.165) is 32.8 Å². The van der Waals surface area contributed by atoms with Gasteiger partial charge in [0.2, 0.25) is 0 Å². The summed E-state index contributed by atoms with van der Waals surface area (Å²) in [5.41, 5.74) is 7.41. The highest BCUT2D eigenvalue weighted by Gasteiger charge is 2.31. The quantitative estimate of drug-likeness (QED) is 0.790. The Balaban J connectivity index is 1.87. The molecule has 0 aromatic carbocycles. The Bertz CT molecular complexity index is 553. The van der Waals surface area contributed by atoms with Crippen LogP contribution in [0.25, 0.3) is 10.6 Å². The Labute approximate surface area is 126 Å².